The second-order valence-electron chi connectivity index (χ2n) is 8.86. The molecule has 0 unspecified atom stereocenters. The number of methoxy groups -OCH3 is 1. The molecule has 1 saturated heterocycles. The second-order valence-corrected chi connectivity index (χ2v) is 8.86. The minimum atomic E-state index is -0.790. The summed E-state index contributed by atoms with van der Waals surface area (Å²) in [6, 6.07) is 13.3. The zero-order valence-corrected chi connectivity index (χ0v) is 18.9. The molecule has 2 aromatic carbocycles. The van der Waals surface area contributed by atoms with Gasteiger partial charge in [0.05, 0.1) is 13.0 Å². The van der Waals surface area contributed by atoms with Crippen molar-refractivity contribution in [2.45, 2.75) is 32.2 Å². The van der Waals surface area contributed by atoms with Crippen molar-refractivity contribution in [1.29, 1.82) is 0 Å². The lowest BCUT2D eigenvalue weighted by Crippen LogP contribution is -2.29. The Morgan fingerprint density at radius 3 is 2.53 bits per heavy atom. The lowest BCUT2D eigenvalue weighted by molar-refractivity contribution is -0.143. The largest absolute Gasteiger partial charge is 0.497 e. The minimum absolute atomic E-state index is 0.160. The molecule has 0 aliphatic carbocycles. The number of aliphatic carboxylic acids is 1. The van der Waals surface area contributed by atoms with Gasteiger partial charge in [0, 0.05) is 25.0 Å². The molecule has 0 amide bonds. The van der Waals surface area contributed by atoms with E-state index in [9.17, 15) is 9.90 Å². The first-order valence-corrected chi connectivity index (χ1v) is 11.1. The molecule has 6 heteroatoms. The fourth-order valence-corrected chi connectivity index (χ4v) is 4.68. The Morgan fingerprint density at radius 2 is 1.84 bits per heavy atom. The van der Waals surface area contributed by atoms with Crippen molar-refractivity contribution in [1.82, 2.24) is 4.90 Å². The smallest absolute Gasteiger partial charge is 0.309 e. The van der Waals surface area contributed by atoms with Crippen LogP contribution in [0.15, 0.2) is 54.6 Å². The Labute approximate surface area is 189 Å². The van der Waals surface area contributed by atoms with E-state index in [-0.39, 0.29) is 18.8 Å². The molecule has 0 bridgehead atoms. The van der Waals surface area contributed by atoms with Gasteiger partial charge in [-0.25, -0.2) is 0 Å². The number of ether oxygens (including phenoxy) is 3. The van der Waals surface area contributed by atoms with Crippen LogP contribution in [0.5, 0.6) is 17.2 Å². The fourth-order valence-electron chi connectivity index (χ4n) is 4.68. The fraction of sp³-hybridized carbons (Fsp3) is 0.423. The topological polar surface area (TPSA) is 68.2 Å². The predicted octanol–water partition coefficient (Wildman–Crippen LogP) is 4.87. The lowest BCUT2D eigenvalue weighted by atomic mass is 9.82. The van der Waals surface area contributed by atoms with Crippen LogP contribution in [0.2, 0.25) is 0 Å². The summed E-state index contributed by atoms with van der Waals surface area (Å²) in [5, 5.41) is 10.3. The van der Waals surface area contributed by atoms with Crippen LogP contribution < -0.4 is 14.2 Å². The average molecular weight is 438 g/mol. The molecule has 1 N–H and O–H groups in total. The highest BCUT2D eigenvalue weighted by Crippen LogP contribution is 2.47. The summed E-state index contributed by atoms with van der Waals surface area (Å²) in [4.78, 5) is 14.8. The maximum absolute atomic E-state index is 12.6. The number of carboxylic acid groups (broad SMARTS) is 1. The van der Waals surface area contributed by atoms with Crippen molar-refractivity contribution in [3.8, 4) is 17.2 Å². The van der Waals surface area contributed by atoms with Crippen LogP contribution in [0.1, 0.15) is 43.4 Å². The Hall–Kier alpha value is -2.99. The van der Waals surface area contributed by atoms with Gasteiger partial charge < -0.3 is 19.3 Å². The number of likely N-dealkylation sites (tertiary alicyclic amines) is 1. The van der Waals surface area contributed by atoms with Crippen molar-refractivity contribution in [3.63, 3.8) is 0 Å². The molecule has 4 rings (SSSR count). The summed E-state index contributed by atoms with van der Waals surface area (Å²) >= 11 is 0. The number of allylic oxidation sites excluding steroid dienone is 1. The van der Waals surface area contributed by atoms with E-state index in [1.165, 1.54) is 0 Å². The van der Waals surface area contributed by atoms with Gasteiger partial charge in [0.15, 0.2) is 11.5 Å². The quantitative estimate of drug-likeness (QED) is 0.595. The van der Waals surface area contributed by atoms with Crippen molar-refractivity contribution in [2.75, 3.05) is 27.0 Å². The van der Waals surface area contributed by atoms with E-state index in [4.69, 9.17) is 14.2 Å². The third kappa shape index (κ3) is 4.60. The highest BCUT2D eigenvalue weighted by molar-refractivity contribution is 5.74. The van der Waals surface area contributed by atoms with Crippen LogP contribution in [0, 0.1) is 11.8 Å². The molecule has 2 aliphatic rings. The molecule has 2 aliphatic heterocycles. The summed E-state index contributed by atoms with van der Waals surface area (Å²) in [7, 11) is 1.63. The predicted molar refractivity (Wildman–Crippen MR) is 122 cm³/mol. The van der Waals surface area contributed by atoms with E-state index in [0.717, 1.165) is 23.3 Å². The maximum atomic E-state index is 12.6. The highest BCUT2D eigenvalue weighted by atomic mass is 16.7. The Balaban J connectivity index is 1.68. The van der Waals surface area contributed by atoms with Gasteiger partial charge in [-0.1, -0.05) is 44.2 Å². The molecule has 2 aromatic rings. The van der Waals surface area contributed by atoms with Crippen LogP contribution in [0.4, 0.5) is 0 Å². The van der Waals surface area contributed by atoms with Crippen molar-refractivity contribution in [2.24, 2.45) is 11.8 Å². The lowest BCUT2D eigenvalue weighted by Gasteiger charge is -2.26. The van der Waals surface area contributed by atoms with Gasteiger partial charge in [-0.2, -0.15) is 0 Å². The molecule has 0 saturated carbocycles. The molecule has 170 valence electrons. The van der Waals surface area contributed by atoms with Crippen LogP contribution >= 0.6 is 0 Å². The van der Waals surface area contributed by atoms with Crippen LogP contribution in [0.3, 0.4) is 0 Å². The summed E-state index contributed by atoms with van der Waals surface area (Å²) in [5.74, 6) is 1.21. The van der Waals surface area contributed by atoms with E-state index in [0.29, 0.717) is 30.5 Å². The number of fused-ring (bicyclic) bond motifs is 1. The van der Waals surface area contributed by atoms with Crippen molar-refractivity contribution in [3.05, 3.63) is 65.7 Å². The minimum Gasteiger partial charge on any atom is -0.497 e. The number of hydrogen-bond donors (Lipinski definition) is 1. The zero-order chi connectivity index (χ0) is 22.7. The van der Waals surface area contributed by atoms with Gasteiger partial charge in [-0.3, -0.25) is 9.69 Å². The molecule has 32 heavy (non-hydrogen) atoms. The molecule has 2 heterocycles. The third-order valence-electron chi connectivity index (χ3n) is 6.28. The normalized spacial score (nSPS) is 22.7. The highest BCUT2D eigenvalue weighted by Gasteiger charge is 2.47. The third-order valence-corrected chi connectivity index (χ3v) is 6.28. The maximum Gasteiger partial charge on any atom is 0.309 e. The Bertz CT molecular complexity index is 969. The van der Waals surface area contributed by atoms with E-state index in [1.54, 1.807) is 7.11 Å². The van der Waals surface area contributed by atoms with Gasteiger partial charge in [-0.05, 0) is 47.7 Å². The van der Waals surface area contributed by atoms with Crippen molar-refractivity contribution >= 4 is 5.97 Å². The second kappa shape index (κ2) is 9.65. The van der Waals surface area contributed by atoms with Crippen LogP contribution in [-0.4, -0.2) is 43.0 Å². The van der Waals surface area contributed by atoms with E-state index < -0.39 is 11.9 Å². The molecular formula is C26H31NO5. The average Bonchev–Trinajstić information content (AvgIpc) is 3.40. The van der Waals surface area contributed by atoms with Gasteiger partial charge in [0.2, 0.25) is 6.79 Å². The van der Waals surface area contributed by atoms with E-state index >= 15 is 0 Å². The molecule has 0 aromatic heterocycles. The first-order valence-electron chi connectivity index (χ1n) is 11.1. The summed E-state index contributed by atoms with van der Waals surface area (Å²) in [5.41, 5.74) is 1.95. The van der Waals surface area contributed by atoms with Crippen molar-refractivity contribution < 1.29 is 24.1 Å². The molecule has 0 radical (unpaired) electrons. The monoisotopic (exact) mass is 437 g/mol. The number of carbonyl (C=O) groups is 1. The Morgan fingerprint density at radius 1 is 1.12 bits per heavy atom. The standard InChI is InChI=1S/C26H31NO5/c1-17(2)6-4-5-13-27-15-21(19-9-12-22-23(14-19)32-16-31-22)24(26(28)29)25(27)18-7-10-20(30-3)11-8-18/h4-5,7-12,14,17,21,24-25H,6,13,15-16H2,1-3H3,(H,28,29)/b5-4+/t21-,24-,25+/m0/s1. The Kier molecular flexibility index (Phi) is 6.70. The summed E-state index contributed by atoms with van der Waals surface area (Å²) in [6.07, 6.45) is 5.37. The molecule has 1 fully saturated rings. The first-order chi connectivity index (χ1) is 15.5. The van der Waals surface area contributed by atoms with Gasteiger partial charge in [0.1, 0.15) is 5.75 Å². The van der Waals surface area contributed by atoms with Gasteiger partial charge in [0.25, 0.3) is 0 Å². The molecule has 6 nitrogen and oxygen atoms in total. The number of benzene rings is 2. The number of hydrogen-bond acceptors (Lipinski definition) is 5. The summed E-state index contributed by atoms with van der Waals surface area (Å²) < 4.78 is 16.3. The van der Waals surface area contributed by atoms with E-state index in [2.05, 4.69) is 30.9 Å². The molecule has 0 spiro atoms. The number of nitrogens with zero attached hydrogens (tertiary/aromatic N) is 1. The van der Waals surface area contributed by atoms with Crippen LogP contribution in [0.25, 0.3) is 0 Å². The van der Waals surface area contributed by atoms with Gasteiger partial charge >= 0.3 is 5.97 Å². The van der Waals surface area contributed by atoms with Crippen LogP contribution in [-0.2, 0) is 4.79 Å². The SMILES string of the molecule is COc1ccc([C@@H]2[C@@H](C(=O)O)[C@H](c3ccc4c(c3)OCO4)CN2C/C=C/CC(C)C)cc1. The first kappa shape index (κ1) is 22.2. The molecular weight excluding hydrogens is 406 g/mol. The molecule has 3 atom stereocenters. The van der Waals surface area contributed by atoms with E-state index in [1.807, 2.05) is 42.5 Å². The van der Waals surface area contributed by atoms with Gasteiger partial charge in [-0.15, -0.1) is 0 Å². The summed E-state index contributed by atoms with van der Waals surface area (Å²) in [6.45, 7) is 5.94. The zero-order valence-electron chi connectivity index (χ0n) is 18.9. The number of carboxylic acids is 1. The number of rotatable bonds is 8.